The summed E-state index contributed by atoms with van der Waals surface area (Å²) in [5.74, 6) is 0. The molecule has 0 saturated carbocycles. The summed E-state index contributed by atoms with van der Waals surface area (Å²) in [5, 5.41) is 9.22. The van der Waals surface area contributed by atoms with Crippen LogP contribution in [-0.4, -0.2) is 0 Å². The molecule has 1 aliphatic carbocycles. The molecule has 0 aliphatic heterocycles. The Balaban J connectivity index is 1.27. The second-order valence-corrected chi connectivity index (χ2v) is 14.9. The zero-order chi connectivity index (χ0) is 34.3. The zero-order valence-electron chi connectivity index (χ0n) is 28.1. The van der Waals surface area contributed by atoms with Crippen molar-refractivity contribution in [2.75, 3.05) is 0 Å². The molecule has 0 fully saturated rings. The van der Waals surface area contributed by atoms with Gasteiger partial charge in [-0.1, -0.05) is 128 Å². The van der Waals surface area contributed by atoms with Gasteiger partial charge in [-0.3, -0.25) is 0 Å². The molecule has 0 N–H and O–H groups in total. The van der Waals surface area contributed by atoms with E-state index in [1.807, 2.05) is 23.5 Å². The Bertz CT molecular complexity index is 2870. The van der Waals surface area contributed by atoms with E-state index in [0.717, 1.165) is 78.6 Å². The van der Waals surface area contributed by atoms with E-state index >= 15 is 0 Å². The summed E-state index contributed by atoms with van der Waals surface area (Å²) in [6.45, 7) is 9.49. The second kappa shape index (κ2) is 13.2. The minimum Gasteiger partial charge on any atom is -0.456 e. The SMILES string of the molecule is C=C(/C=C\c1csc2ccccc12)C1=c2\cccc\c2=C(C(=C)c2cc3c(cc2-c2cc4ccccc4s2)oc2ccccc23)\C=C\CC\C=C\1. The molecule has 244 valence electrons. The summed E-state index contributed by atoms with van der Waals surface area (Å²) in [4.78, 5) is 1.20. The Morgan fingerprint density at radius 2 is 1.33 bits per heavy atom. The molecule has 0 saturated heterocycles. The minimum atomic E-state index is 0.884. The van der Waals surface area contributed by atoms with Gasteiger partial charge < -0.3 is 4.42 Å². The first-order valence-corrected chi connectivity index (χ1v) is 19.0. The van der Waals surface area contributed by atoms with Gasteiger partial charge in [0.25, 0.3) is 0 Å². The molecule has 3 aromatic heterocycles. The van der Waals surface area contributed by atoms with Gasteiger partial charge in [0, 0.05) is 30.6 Å². The molecule has 0 spiro atoms. The van der Waals surface area contributed by atoms with Crippen molar-refractivity contribution in [1.29, 1.82) is 0 Å². The molecule has 3 heteroatoms. The first kappa shape index (κ1) is 31.3. The molecule has 0 atom stereocenters. The summed E-state index contributed by atoms with van der Waals surface area (Å²) < 4.78 is 8.99. The standard InChI is InChI=1S/C48H34OS2/c1-31(25-26-34-30-50-47-24-14-11-18-37(34)47)35-16-5-3-4-6-17-36(39-20-9-8-19-38(35)39)32(2)41-28-42-40-21-10-12-22-44(40)49-45(42)29-43(41)48-27-33-15-7-13-23-46(33)51-48/h5-30H,1-4H2/b16-5+,17-6+,26-25-,38-35+,39-36+. The largest absolute Gasteiger partial charge is 0.456 e. The average Bonchev–Trinajstić information content (AvgIpc) is 3.89. The molecular formula is C48H34OS2. The van der Waals surface area contributed by atoms with Gasteiger partial charge >= 0.3 is 0 Å². The highest BCUT2D eigenvalue weighted by Crippen LogP contribution is 2.43. The molecule has 0 radical (unpaired) electrons. The number of hydrogen-bond donors (Lipinski definition) is 0. The highest BCUT2D eigenvalue weighted by molar-refractivity contribution is 7.22. The number of fused-ring (bicyclic) bond motifs is 6. The van der Waals surface area contributed by atoms with E-state index < -0.39 is 0 Å². The predicted molar refractivity (Wildman–Crippen MR) is 224 cm³/mol. The Labute approximate surface area is 305 Å². The number of furan rings is 1. The lowest BCUT2D eigenvalue weighted by molar-refractivity contribution is 0.669. The van der Waals surface area contributed by atoms with Crippen molar-refractivity contribution in [3.8, 4) is 10.4 Å². The summed E-state index contributed by atoms with van der Waals surface area (Å²) >= 11 is 3.59. The number of hydrogen-bond acceptors (Lipinski definition) is 3. The summed E-state index contributed by atoms with van der Waals surface area (Å²) in [6, 6.07) is 41.0. The normalized spacial score (nSPS) is 16.9. The lowest BCUT2D eigenvalue weighted by atomic mass is 9.89. The molecule has 51 heavy (non-hydrogen) atoms. The fraction of sp³-hybridized carbons (Fsp3) is 0.0417. The van der Waals surface area contributed by atoms with Gasteiger partial charge in [-0.25, -0.2) is 0 Å². The molecule has 0 amide bonds. The van der Waals surface area contributed by atoms with Crippen LogP contribution in [0, 0.1) is 0 Å². The molecule has 1 aliphatic rings. The average molecular weight is 691 g/mol. The van der Waals surface area contributed by atoms with Crippen molar-refractivity contribution < 1.29 is 4.42 Å². The van der Waals surface area contributed by atoms with Crippen LogP contribution in [0.2, 0.25) is 0 Å². The topological polar surface area (TPSA) is 13.1 Å². The zero-order valence-corrected chi connectivity index (χ0v) is 29.7. The van der Waals surface area contributed by atoms with E-state index in [9.17, 15) is 0 Å². The van der Waals surface area contributed by atoms with Crippen LogP contribution in [0.25, 0.3) is 75.3 Å². The smallest absolute Gasteiger partial charge is 0.136 e. The molecule has 0 bridgehead atoms. The fourth-order valence-electron chi connectivity index (χ4n) is 7.16. The molecule has 5 aromatic carbocycles. The maximum atomic E-state index is 6.43. The van der Waals surface area contributed by atoms with Crippen LogP contribution < -0.4 is 10.4 Å². The minimum absolute atomic E-state index is 0.884. The van der Waals surface area contributed by atoms with Gasteiger partial charge in [-0.15, -0.1) is 22.7 Å². The van der Waals surface area contributed by atoms with Gasteiger partial charge in [0.1, 0.15) is 11.2 Å². The van der Waals surface area contributed by atoms with E-state index in [2.05, 4.69) is 152 Å². The van der Waals surface area contributed by atoms with Gasteiger partial charge in [-0.05, 0) is 109 Å². The monoisotopic (exact) mass is 690 g/mol. The first-order chi connectivity index (χ1) is 25.1. The predicted octanol–water partition coefficient (Wildman–Crippen LogP) is 12.9. The number of benzene rings is 5. The van der Waals surface area contributed by atoms with Crippen LogP contribution in [0.4, 0.5) is 0 Å². The highest BCUT2D eigenvalue weighted by atomic mass is 32.1. The van der Waals surface area contributed by atoms with Crippen molar-refractivity contribution in [2.45, 2.75) is 12.8 Å². The van der Waals surface area contributed by atoms with Crippen LogP contribution in [0.5, 0.6) is 0 Å². The third-order valence-corrected chi connectivity index (χ3v) is 11.9. The van der Waals surface area contributed by atoms with E-state index in [1.54, 1.807) is 11.3 Å². The highest BCUT2D eigenvalue weighted by Gasteiger charge is 2.19. The van der Waals surface area contributed by atoms with E-state index in [-0.39, 0.29) is 0 Å². The number of para-hydroxylation sites is 1. The Kier molecular flexibility index (Phi) is 8.08. The number of rotatable bonds is 6. The van der Waals surface area contributed by atoms with Crippen LogP contribution in [0.15, 0.2) is 174 Å². The van der Waals surface area contributed by atoms with Crippen molar-refractivity contribution in [2.24, 2.45) is 0 Å². The van der Waals surface area contributed by atoms with Crippen LogP contribution >= 0.6 is 22.7 Å². The van der Waals surface area contributed by atoms with Crippen LogP contribution in [0.3, 0.4) is 0 Å². The summed E-state index contributed by atoms with van der Waals surface area (Å²) in [7, 11) is 0. The lowest BCUT2D eigenvalue weighted by Gasteiger charge is -2.15. The van der Waals surface area contributed by atoms with Crippen molar-refractivity contribution in [3.05, 3.63) is 191 Å². The van der Waals surface area contributed by atoms with Gasteiger partial charge in [-0.2, -0.15) is 0 Å². The van der Waals surface area contributed by atoms with Gasteiger partial charge in [0.15, 0.2) is 0 Å². The number of allylic oxidation sites excluding steroid dienone is 7. The van der Waals surface area contributed by atoms with Crippen LogP contribution in [0.1, 0.15) is 24.0 Å². The third-order valence-electron chi connectivity index (χ3n) is 9.76. The Hall–Kier alpha value is -5.74. The van der Waals surface area contributed by atoms with E-state index in [0.29, 0.717) is 0 Å². The molecule has 9 rings (SSSR count). The van der Waals surface area contributed by atoms with E-state index in [1.165, 1.54) is 30.6 Å². The molecule has 3 heterocycles. The summed E-state index contributed by atoms with van der Waals surface area (Å²) in [6.07, 6.45) is 15.3. The maximum absolute atomic E-state index is 6.43. The molecule has 1 nitrogen and oxygen atoms in total. The maximum Gasteiger partial charge on any atom is 0.136 e. The van der Waals surface area contributed by atoms with Crippen molar-refractivity contribution in [3.63, 3.8) is 0 Å². The van der Waals surface area contributed by atoms with Gasteiger partial charge in [0.2, 0.25) is 0 Å². The lowest BCUT2D eigenvalue weighted by Crippen LogP contribution is -2.29. The molecule has 8 aromatic rings. The van der Waals surface area contributed by atoms with Crippen molar-refractivity contribution in [1.82, 2.24) is 0 Å². The molecular weight excluding hydrogens is 657 g/mol. The third kappa shape index (κ3) is 5.75. The first-order valence-electron chi connectivity index (χ1n) is 17.3. The van der Waals surface area contributed by atoms with Crippen molar-refractivity contribution >= 4 is 87.6 Å². The van der Waals surface area contributed by atoms with Crippen LogP contribution in [-0.2, 0) is 0 Å². The number of thiophene rings is 2. The quantitative estimate of drug-likeness (QED) is 0.158. The Morgan fingerprint density at radius 1 is 0.647 bits per heavy atom. The Morgan fingerprint density at radius 3 is 2.16 bits per heavy atom. The van der Waals surface area contributed by atoms with Gasteiger partial charge in [0.05, 0.1) is 0 Å². The molecule has 0 unspecified atom stereocenters. The summed E-state index contributed by atoms with van der Waals surface area (Å²) in [5.41, 5.74) is 9.39. The fourth-order valence-corrected chi connectivity index (χ4v) is 9.19. The second-order valence-electron chi connectivity index (χ2n) is 12.9. The van der Waals surface area contributed by atoms with E-state index in [4.69, 9.17) is 11.0 Å².